The van der Waals surface area contributed by atoms with Gasteiger partial charge in [0, 0.05) is 36.0 Å². The summed E-state index contributed by atoms with van der Waals surface area (Å²) in [6, 6.07) is 9.31. The molecule has 3 aromatic rings. The highest BCUT2D eigenvalue weighted by Gasteiger charge is 2.23. The topological polar surface area (TPSA) is 107 Å². The van der Waals surface area contributed by atoms with Gasteiger partial charge in [0.15, 0.2) is 5.13 Å². The van der Waals surface area contributed by atoms with E-state index in [1.807, 2.05) is 37.3 Å². The highest BCUT2D eigenvalue weighted by molar-refractivity contribution is 7.15. The van der Waals surface area contributed by atoms with Crippen LogP contribution in [-0.4, -0.2) is 45.0 Å². The maximum atomic E-state index is 13.3. The molecule has 0 spiro atoms. The predicted molar refractivity (Wildman–Crippen MR) is 115 cm³/mol. The third kappa shape index (κ3) is 4.32. The highest BCUT2D eigenvalue weighted by atomic mass is 32.1. The van der Waals surface area contributed by atoms with Gasteiger partial charge in [-0.15, -0.1) is 11.3 Å². The summed E-state index contributed by atoms with van der Waals surface area (Å²) in [5.74, 6) is 0.0390. The summed E-state index contributed by atoms with van der Waals surface area (Å²) in [7, 11) is 0. The standard InChI is InChI=1S/C21H21N5O3S/c1-13-11-22-21(30-13)24-18-10-16(15-4-2-3-5-17(15)23-18)20(28)26-9-8-14(12-26)6-7-19(27)25-29/h2-5,8,10-11,29H,6-7,9,12H2,1H3,(H,25,27)(H,22,23,24). The lowest BCUT2D eigenvalue weighted by molar-refractivity contribution is -0.129. The first-order valence-electron chi connectivity index (χ1n) is 9.53. The summed E-state index contributed by atoms with van der Waals surface area (Å²) in [4.78, 5) is 36.3. The van der Waals surface area contributed by atoms with Crippen molar-refractivity contribution in [1.29, 1.82) is 0 Å². The van der Waals surface area contributed by atoms with Crippen LogP contribution in [0.3, 0.4) is 0 Å². The number of carbonyl (C=O) groups is 2. The summed E-state index contributed by atoms with van der Waals surface area (Å²) in [6.07, 6.45) is 4.44. The van der Waals surface area contributed by atoms with Gasteiger partial charge < -0.3 is 10.2 Å². The van der Waals surface area contributed by atoms with Crippen molar-refractivity contribution in [2.45, 2.75) is 19.8 Å². The van der Waals surface area contributed by atoms with E-state index in [1.165, 1.54) is 11.3 Å². The average Bonchev–Trinajstić information content (AvgIpc) is 3.39. The number of pyridine rings is 1. The Hall–Kier alpha value is -3.30. The molecule has 30 heavy (non-hydrogen) atoms. The molecule has 0 bridgehead atoms. The molecule has 1 aliphatic rings. The van der Waals surface area contributed by atoms with Gasteiger partial charge in [0.25, 0.3) is 5.91 Å². The fraction of sp³-hybridized carbons (Fsp3) is 0.238. The number of thiazole rings is 1. The summed E-state index contributed by atoms with van der Waals surface area (Å²) >= 11 is 1.52. The number of anilines is 2. The molecule has 0 radical (unpaired) electrons. The molecule has 3 N–H and O–H groups in total. The maximum Gasteiger partial charge on any atom is 0.255 e. The molecule has 2 aromatic heterocycles. The molecule has 3 heterocycles. The van der Waals surface area contributed by atoms with Crippen LogP contribution >= 0.6 is 11.3 Å². The Balaban J connectivity index is 1.57. The van der Waals surface area contributed by atoms with Crippen molar-refractivity contribution in [3.63, 3.8) is 0 Å². The van der Waals surface area contributed by atoms with Crippen LogP contribution in [0.2, 0.25) is 0 Å². The van der Waals surface area contributed by atoms with Gasteiger partial charge in [0.1, 0.15) is 5.82 Å². The van der Waals surface area contributed by atoms with Crippen LogP contribution in [0.5, 0.6) is 0 Å². The number of amides is 2. The zero-order chi connectivity index (χ0) is 21.1. The van der Waals surface area contributed by atoms with Crippen molar-refractivity contribution < 1.29 is 14.8 Å². The summed E-state index contributed by atoms with van der Waals surface area (Å²) in [6.45, 7) is 2.93. The fourth-order valence-electron chi connectivity index (χ4n) is 3.39. The van der Waals surface area contributed by atoms with E-state index in [4.69, 9.17) is 5.21 Å². The number of hydrogen-bond donors (Lipinski definition) is 3. The fourth-order valence-corrected chi connectivity index (χ4v) is 4.06. The molecular weight excluding hydrogens is 402 g/mol. The molecule has 0 unspecified atom stereocenters. The number of aryl methyl sites for hydroxylation is 1. The first-order chi connectivity index (χ1) is 14.5. The number of hydrogen-bond acceptors (Lipinski definition) is 7. The number of rotatable bonds is 6. The normalized spacial score (nSPS) is 13.4. The number of benzene rings is 1. The lowest BCUT2D eigenvalue weighted by Crippen LogP contribution is -2.29. The lowest BCUT2D eigenvalue weighted by Gasteiger charge is -2.18. The van der Waals surface area contributed by atoms with Crippen LogP contribution in [0.15, 0.2) is 48.2 Å². The molecule has 0 atom stereocenters. The zero-order valence-corrected chi connectivity index (χ0v) is 17.2. The van der Waals surface area contributed by atoms with Crippen LogP contribution in [0.4, 0.5) is 10.9 Å². The quantitative estimate of drug-likeness (QED) is 0.319. The Kier molecular flexibility index (Phi) is 5.73. The molecule has 0 saturated carbocycles. The Labute approximate surface area is 177 Å². The number of aromatic nitrogens is 2. The van der Waals surface area contributed by atoms with Crippen molar-refractivity contribution in [3.8, 4) is 0 Å². The van der Waals surface area contributed by atoms with Crippen molar-refractivity contribution in [2.75, 3.05) is 18.4 Å². The van der Waals surface area contributed by atoms with Gasteiger partial charge in [-0.05, 0) is 25.5 Å². The molecule has 8 nitrogen and oxygen atoms in total. The summed E-state index contributed by atoms with van der Waals surface area (Å²) < 4.78 is 0. The summed E-state index contributed by atoms with van der Waals surface area (Å²) in [5, 5.41) is 13.3. The SMILES string of the molecule is Cc1cnc(Nc2cc(C(=O)N3CC=C(CCC(=O)NO)C3)c3ccccc3n2)s1. The van der Waals surface area contributed by atoms with Gasteiger partial charge in [-0.1, -0.05) is 29.8 Å². The second kappa shape index (κ2) is 8.60. The second-order valence-electron chi connectivity index (χ2n) is 7.06. The summed E-state index contributed by atoms with van der Waals surface area (Å²) in [5.41, 5.74) is 3.93. The Bertz CT molecular complexity index is 1140. The van der Waals surface area contributed by atoms with E-state index in [2.05, 4.69) is 15.3 Å². The molecule has 9 heteroatoms. The number of para-hydroxylation sites is 1. The minimum absolute atomic E-state index is 0.0928. The van der Waals surface area contributed by atoms with Crippen molar-refractivity contribution >= 4 is 45.0 Å². The first kappa shape index (κ1) is 20.0. The van der Waals surface area contributed by atoms with E-state index in [-0.39, 0.29) is 12.3 Å². The smallest absolute Gasteiger partial charge is 0.255 e. The number of hydroxylamine groups is 1. The Morgan fingerprint density at radius 2 is 2.13 bits per heavy atom. The molecule has 1 aliphatic heterocycles. The van der Waals surface area contributed by atoms with Gasteiger partial charge in [-0.25, -0.2) is 15.4 Å². The van der Waals surface area contributed by atoms with E-state index >= 15 is 0 Å². The number of nitrogens with one attached hydrogen (secondary N) is 2. The molecule has 0 fully saturated rings. The van der Waals surface area contributed by atoms with Gasteiger partial charge in [-0.3, -0.25) is 14.8 Å². The number of fused-ring (bicyclic) bond motifs is 1. The number of carbonyl (C=O) groups excluding carboxylic acids is 2. The monoisotopic (exact) mass is 423 g/mol. The van der Waals surface area contributed by atoms with Gasteiger partial charge in [-0.2, -0.15) is 0 Å². The molecule has 4 rings (SSSR count). The first-order valence-corrected chi connectivity index (χ1v) is 10.3. The van der Waals surface area contributed by atoms with Crippen molar-refractivity contribution in [1.82, 2.24) is 20.3 Å². The molecule has 1 aromatic carbocycles. The molecular formula is C21H21N5O3S. The lowest BCUT2D eigenvalue weighted by atomic mass is 10.1. The van der Waals surface area contributed by atoms with Gasteiger partial charge >= 0.3 is 0 Å². The van der Waals surface area contributed by atoms with Crippen LogP contribution in [-0.2, 0) is 4.79 Å². The van der Waals surface area contributed by atoms with Crippen LogP contribution in [0.1, 0.15) is 28.1 Å². The average molecular weight is 423 g/mol. The minimum atomic E-state index is -0.436. The maximum absolute atomic E-state index is 13.3. The minimum Gasteiger partial charge on any atom is -0.331 e. The third-order valence-electron chi connectivity index (χ3n) is 4.88. The van der Waals surface area contributed by atoms with E-state index in [0.29, 0.717) is 30.9 Å². The Morgan fingerprint density at radius 1 is 1.30 bits per heavy atom. The molecule has 154 valence electrons. The third-order valence-corrected chi connectivity index (χ3v) is 5.71. The van der Waals surface area contributed by atoms with E-state index in [1.54, 1.807) is 22.6 Å². The number of nitrogens with zero attached hydrogens (tertiary/aromatic N) is 3. The van der Waals surface area contributed by atoms with Crippen LogP contribution in [0.25, 0.3) is 10.9 Å². The molecule has 0 aliphatic carbocycles. The van der Waals surface area contributed by atoms with Gasteiger partial charge in [0.05, 0.1) is 11.1 Å². The Morgan fingerprint density at radius 3 is 2.90 bits per heavy atom. The predicted octanol–water partition coefficient (Wildman–Crippen LogP) is 3.41. The zero-order valence-electron chi connectivity index (χ0n) is 16.4. The molecule has 0 saturated heterocycles. The van der Waals surface area contributed by atoms with Crippen molar-refractivity contribution in [2.24, 2.45) is 0 Å². The highest BCUT2D eigenvalue weighted by Crippen LogP contribution is 2.27. The molecule has 2 amide bonds. The van der Waals surface area contributed by atoms with E-state index < -0.39 is 5.91 Å². The van der Waals surface area contributed by atoms with Gasteiger partial charge in [0.2, 0.25) is 5.91 Å². The van der Waals surface area contributed by atoms with E-state index in [0.717, 1.165) is 26.5 Å². The van der Waals surface area contributed by atoms with Crippen molar-refractivity contribution in [3.05, 3.63) is 58.6 Å². The van der Waals surface area contributed by atoms with Crippen LogP contribution in [0, 0.1) is 6.92 Å². The second-order valence-corrected chi connectivity index (χ2v) is 8.29. The van der Waals surface area contributed by atoms with E-state index in [9.17, 15) is 9.59 Å². The van der Waals surface area contributed by atoms with Crippen LogP contribution < -0.4 is 10.8 Å². The largest absolute Gasteiger partial charge is 0.331 e.